The van der Waals surface area contributed by atoms with Crippen molar-refractivity contribution in [1.29, 1.82) is 0 Å². The fourth-order valence-corrected chi connectivity index (χ4v) is 5.05. The molecule has 0 aliphatic rings. The summed E-state index contributed by atoms with van der Waals surface area (Å²) in [7, 11) is 0. The summed E-state index contributed by atoms with van der Waals surface area (Å²) in [6.07, 6.45) is -2.62. The summed E-state index contributed by atoms with van der Waals surface area (Å²) in [6.45, 7) is 10.4. The number of hydrogen-bond donors (Lipinski definition) is 1. The minimum absolute atomic E-state index is 0.0361. The molecule has 4 aromatic rings. The van der Waals surface area contributed by atoms with Crippen LogP contribution in [-0.2, 0) is 12.7 Å². The molecule has 0 spiro atoms. The number of carbonyl (C=O) groups excluding carboxylic acids is 1. The molecule has 0 aliphatic heterocycles. The molecule has 8 heteroatoms. The second kappa shape index (κ2) is 14.8. The zero-order valence-corrected chi connectivity index (χ0v) is 26.9. The zero-order chi connectivity index (χ0) is 32.7. The van der Waals surface area contributed by atoms with Gasteiger partial charge in [-0.05, 0) is 108 Å². The summed E-state index contributed by atoms with van der Waals surface area (Å²) >= 11 is 6.40. The highest BCUT2D eigenvalue weighted by Crippen LogP contribution is 2.32. The van der Waals surface area contributed by atoms with Crippen LogP contribution in [0, 0.1) is 12.8 Å². The summed E-state index contributed by atoms with van der Waals surface area (Å²) in [5.41, 5.74) is 4.35. The molecule has 0 aliphatic carbocycles. The van der Waals surface area contributed by atoms with Crippen molar-refractivity contribution in [3.05, 3.63) is 123 Å². The zero-order valence-electron chi connectivity index (χ0n) is 26.1. The van der Waals surface area contributed by atoms with Crippen LogP contribution in [0.5, 0.6) is 11.5 Å². The van der Waals surface area contributed by atoms with Gasteiger partial charge in [-0.2, -0.15) is 13.2 Å². The fraction of sp³-hybridized carbons (Fsp3) is 0.297. The normalized spacial score (nSPS) is 13.3. The third-order valence-electron chi connectivity index (χ3n) is 7.94. The summed E-state index contributed by atoms with van der Waals surface area (Å²) in [4.78, 5) is 18.1. The number of nitrogens with zero attached hydrogens (tertiary/aromatic N) is 1. The van der Waals surface area contributed by atoms with E-state index in [1.165, 1.54) is 6.07 Å². The van der Waals surface area contributed by atoms with Crippen molar-refractivity contribution < 1.29 is 22.7 Å². The molecule has 4 aromatic carbocycles. The standard InChI is InChI=1S/C37H38ClF3N2O2/c1-6-23(3)29-17-31(38)21-33(19-29)45-32-13-9-11-27(18-32)35(24(4)7-2)43-34-20-28(15-14-25(34)5)36(44)42-22-26-10-8-12-30(16-26)37(39,40)41/h8-21,23-24H,6-7,22H2,1-5H3,(H,42,44). The largest absolute Gasteiger partial charge is 0.457 e. The Morgan fingerprint density at radius 3 is 2.36 bits per heavy atom. The molecule has 0 fully saturated rings. The van der Waals surface area contributed by atoms with Crippen LogP contribution >= 0.6 is 11.6 Å². The van der Waals surface area contributed by atoms with Crippen molar-refractivity contribution in [2.75, 3.05) is 0 Å². The maximum Gasteiger partial charge on any atom is 0.416 e. The van der Waals surface area contributed by atoms with Gasteiger partial charge in [0, 0.05) is 17.1 Å². The van der Waals surface area contributed by atoms with E-state index >= 15 is 0 Å². The maximum absolute atomic E-state index is 13.1. The number of rotatable bonds is 11. The van der Waals surface area contributed by atoms with E-state index in [2.05, 4.69) is 33.0 Å². The number of aryl methyl sites for hydroxylation is 1. The van der Waals surface area contributed by atoms with E-state index < -0.39 is 17.6 Å². The molecule has 0 heterocycles. The molecular formula is C37H38ClF3N2O2. The van der Waals surface area contributed by atoms with Gasteiger partial charge >= 0.3 is 6.18 Å². The highest BCUT2D eigenvalue weighted by molar-refractivity contribution is 6.30. The first-order valence-corrected chi connectivity index (χ1v) is 15.5. The average molecular weight is 635 g/mol. The third kappa shape index (κ3) is 8.98. The van der Waals surface area contributed by atoms with Crippen LogP contribution in [0.1, 0.15) is 84.6 Å². The summed E-state index contributed by atoms with van der Waals surface area (Å²) in [6, 6.07) is 23.7. The molecule has 1 N–H and O–H groups in total. The van der Waals surface area contributed by atoms with Gasteiger partial charge in [0.1, 0.15) is 11.5 Å². The van der Waals surface area contributed by atoms with Crippen LogP contribution < -0.4 is 10.1 Å². The molecular weight excluding hydrogens is 597 g/mol. The molecule has 1 amide bonds. The highest BCUT2D eigenvalue weighted by Gasteiger charge is 2.30. The molecule has 0 bridgehead atoms. The maximum atomic E-state index is 13.1. The number of amides is 1. The van der Waals surface area contributed by atoms with Crippen LogP contribution in [0.15, 0.2) is 89.9 Å². The van der Waals surface area contributed by atoms with E-state index in [1.807, 2.05) is 49.4 Å². The Kier molecular flexibility index (Phi) is 11.1. The number of alkyl halides is 3. The Morgan fingerprint density at radius 2 is 1.64 bits per heavy atom. The van der Waals surface area contributed by atoms with E-state index in [9.17, 15) is 18.0 Å². The number of halogens is 4. The van der Waals surface area contributed by atoms with Crippen molar-refractivity contribution in [3.63, 3.8) is 0 Å². The van der Waals surface area contributed by atoms with Crippen LogP contribution in [0.4, 0.5) is 18.9 Å². The van der Waals surface area contributed by atoms with Crippen LogP contribution in [0.3, 0.4) is 0 Å². The van der Waals surface area contributed by atoms with Crippen molar-refractivity contribution in [2.24, 2.45) is 10.9 Å². The second-order valence-corrected chi connectivity index (χ2v) is 11.8. The lowest BCUT2D eigenvalue weighted by molar-refractivity contribution is -0.137. The lowest BCUT2D eigenvalue weighted by atomic mass is 9.95. The van der Waals surface area contributed by atoms with Gasteiger partial charge in [-0.3, -0.25) is 9.79 Å². The average Bonchev–Trinajstić information content (AvgIpc) is 3.02. The van der Waals surface area contributed by atoms with E-state index in [4.69, 9.17) is 21.3 Å². The third-order valence-corrected chi connectivity index (χ3v) is 8.16. The molecule has 2 atom stereocenters. The lowest BCUT2D eigenvalue weighted by Gasteiger charge is -2.17. The van der Waals surface area contributed by atoms with Gasteiger partial charge < -0.3 is 10.1 Å². The Bertz CT molecular complexity index is 1680. The number of benzene rings is 4. The van der Waals surface area contributed by atoms with E-state index in [0.29, 0.717) is 39.3 Å². The number of hydrogen-bond acceptors (Lipinski definition) is 3. The lowest BCUT2D eigenvalue weighted by Crippen LogP contribution is -2.23. The second-order valence-electron chi connectivity index (χ2n) is 11.3. The molecule has 45 heavy (non-hydrogen) atoms. The van der Waals surface area contributed by atoms with Crippen molar-refractivity contribution in [2.45, 2.75) is 66.1 Å². The molecule has 0 saturated carbocycles. The fourth-order valence-electron chi connectivity index (χ4n) is 4.81. The van der Waals surface area contributed by atoms with E-state index in [1.54, 1.807) is 24.3 Å². The molecule has 236 valence electrons. The summed E-state index contributed by atoms with van der Waals surface area (Å²) in [5, 5.41) is 3.35. The number of aliphatic imine (C=N–C) groups is 1. The van der Waals surface area contributed by atoms with Crippen LogP contribution in [0.2, 0.25) is 5.02 Å². The minimum atomic E-state index is -4.45. The van der Waals surface area contributed by atoms with E-state index in [-0.39, 0.29) is 12.5 Å². The van der Waals surface area contributed by atoms with Gasteiger partial charge in [0.15, 0.2) is 0 Å². The predicted molar refractivity (Wildman–Crippen MR) is 176 cm³/mol. The first-order valence-electron chi connectivity index (χ1n) is 15.1. The Morgan fingerprint density at radius 1 is 0.889 bits per heavy atom. The molecule has 0 saturated heterocycles. The SMILES string of the molecule is CCC(C)C(=Nc1cc(C(=O)NCc2cccc(C(F)(F)F)c2)ccc1C)c1cccc(Oc2cc(Cl)cc(C(C)CC)c2)c1. The first kappa shape index (κ1) is 33.8. The quantitative estimate of drug-likeness (QED) is 0.167. The molecule has 0 radical (unpaired) electrons. The van der Waals surface area contributed by atoms with Crippen molar-refractivity contribution in [3.8, 4) is 11.5 Å². The van der Waals surface area contributed by atoms with Crippen LogP contribution in [-0.4, -0.2) is 11.6 Å². The monoisotopic (exact) mass is 634 g/mol. The highest BCUT2D eigenvalue weighted by atomic mass is 35.5. The summed E-state index contributed by atoms with van der Waals surface area (Å²) in [5.74, 6) is 1.36. The van der Waals surface area contributed by atoms with Crippen molar-refractivity contribution >= 4 is 28.9 Å². The number of nitrogens with one attached hydrogen (secondary N) is 1. The van der Waals surface area contributed by atoms with Gasteiger partial charge in [-0.1, -0.05) is 69.6 Å². The predicted octanol–water partition coefficient (Wildman–Crippen LogP) is 11.1. The minimum Gasteiger partial charge on any atom is -0.457 e. The van der Waals surface area contributed by atoms with Gasteiger partial charge in [-0.15, -0.1) is 0 Å². The molecule has 4 rings (SSSR count). The topological polar surface area (TPSA) is 50.7 Å². The molecule has 0 aromatic heterocycles. The first-order chi connectivity index (χ1) is 21.4. The van der Waals surface area contributed by atoms with Crippen molar-refractivity contribution in [1.82, 2.24) is 5.32 Å². The summed E-state index contributed by atoms with van der Waals surface area (Å²) < 4.78 is 45.6. The molecule has 2 unspecified atom stereocenters. The Balaban J connectivity index is 1.59. The van der Waals surface area contributed by atoms with Gasteiger partial charge in [0.25, 0.3) is 5.91 Å². The van der Waals surface area contributed by atoms with Crippen LogP contribution in [0.25, 0.3) is 0 Å². The van der Waals surface area contributed by atoms with Gasteiger partial charge in [-0.25, -0.2) is 0 Å². The number of carbonyl (C=O) groups is 1. The smallest absolute Gasteiger partial charge is 0.416 e. The van der Waals surface area contributed by atoms with Gasteiger partial charge in [0.2, 0.25) is 0 Å². The molecule has 4 nitrogen and oxygen atoms in total. The number of ether oxygens (including phenoxy) is 1. The Hall–Kier alpha value is -4.10. The van der Waals surface area contributed by atoms with E-state index in [0.717, 1.165) is 47.4 Å². The Labute approximate surface area is 268 Å². The van der Waals surface area contributed by atoms with Gasteiger partial charge in [0.05, 0.1) is 17.0 Å².